The van der Waals surface area contributed by atoms with Crippen molar-refractivity contribution >= 4 is 44.1 Å². The summed E-state index contributed by atoms with van der Waals surface area (Å²) in [4.78, 5) is 21.2. The molecule has 0 spiro atoms. The first kappa shape index (κ1) is 16.6. The SMILES string of the molecule is O=C(Cc1coc2ccc3ccccc3c12)Nc1nc(-c2cccnc2)cs1. The number of carbonyl (C=O) groups excluding carboxylic acids is 1. The van der Waals surface area contributed by atoms with Gasteiger partial charge in [-0.1, -0.05) is 30.3 Å². The topological polar surface area (TPSA) is 68.0 Å². The van der Waals surface area contributed by atoms with E-state index in [1.54, 1.807) is 18.7 Å². The molecule has 1 N–H and O–H groups in total. The minimum absolute atomic E-state index is 0.122. The smallest absolute Gasteiger partial charge is 0.230 e. The molecule has 3 heterocycles. The molecule has 0 bridgehead atoms. The van der Waals surface area contributed by atoms with Gasteiger partial charge < -0.3 is 9.73 Å². The average molecular weight is 385 g/mol. The van der Waals surface area contributed by atoms with E-state index in [2.05, 4.69) is 27.4 Å². The molecule has 0 aliphatic rings. The standard InChI is InChI=1S/C22H15N3O2S/c26-20(25-22-24-18(13-28-22)15-5-3-9-23-11-15)10-16-12-27-19-8-7-14-4-1-2-6-17(14)21(16)19/h1-9,11-13H,10H2,(H,24,25,26). The Morgan fingerprint density at radius 3 is 2.93 bits per heavy atom. The number of hydrogen-bond donors (Lipinski definition) is 1. The van der Waals surface area contributed by atoms with Gasteiger partial charge in [0, 0.05) is 34.3 Å². The highest BCUT2D eigenvalue weighted by atomic mass is 32.1. The van der Waals surface area contributed by atoms with E-state index in [0.29, 0.717) is 5.13 Å². The summed E-state index contributed by atoms with van der Waals surface area (Å²) in [5.74, 6) is -0.122. The van der Waals surface area contributed by atoms with Gasteiger partial charge in [-0.15, -0.1) is 11.3 Å². The number of furan rings is 1. The predicted molar refractivity (Wildman–Crippen MR) is 111 cm³/mol. The molecule has 0 aliphatic heterocycles. The van der Waals surface area contributed by atoms with Gasteiger partial charge in [0.05, 0.1) is 18.4 Å². The summed E-state index contributed by atoms with van der Waals surface area (Å²) in [7, 11) is 0. The molecule has 5 aromatic rings. The number of hydrogen-bond acceptors (Lipinski definition) is 5. The third kappa shape index (κ3) is 3.04. The lowest BCUT2D eigenvalue weighted by Crippen LogP contribution is -2.14. The van der Waals surface area contributed by atoms with Crippen molar-refractivity contribution in [2.75, 3.05) is 5.32 Å². The van der Waals surface area contributed by atoms with Gasteiger partial charge in [0.2, 0.25) is 5.91 Å². The number of anilines is 1. The van der Waals surface area contributed by atoms with Crippen molar-refractivity contribution in [3.8, 4) is 11.3 Å². The van der Waals surface area contributed by atoms with E-state index in [1.165, 1.54) is 11.3 Å². The predicted octanol–water partition coefficient (Wildman–Crippen LogP) is 5.29. The second-order valence-corrected chi connectivity index (χ2v) is 7.28. The average Bonchev–Trinajstić information content (AvgIpc) is 3.36. The highest BCUT2D eigenvalue weighted by Gasteiger charge is 2.14. The van der Waals surface area contributed by atoms with Crippen LogP contribution in [0.5, 0.6) is 0 Å². The quantitative estimate of drug-likeness (QED) is 0.457. The van der Waals surface area contributed by atoms with Crippen LogP contribution in [-0.2, 0) is 11.2 Å². The largest absolute Gasteiger partial charge is 0.464 e. The van der Waals surface area contributed by atoms with Crippen molar-refractivity contribution < 1.29 is 9.21 Å². The number of nitrogens with zero attached hydrogens (tertiary/aromatic N) is 2. The summed E-state index contributed by atoms with van der Waals surface area (Å²) >= 11 is 1.40. The number of amides is 1. The van der Waals surface area contributed by atoms with Crippen LogP contribution in [0.25, 0.3) is 33.0 Å². The van der Waals surface area contributed by atoms with Gasteiger partial charge >= 0.3 is 0 Å². The molecular formula is C22H15N3O2S. The van der Waals surface area contributed by atoms with Gasteiger partial charge in [-0.3, -0.25) is 9.78 Å². The molecule has 28 heavy (non-hydrogen) atoms. The monoisotopic (exact) mass is 385 g/mol. The van der Waals surface area contributed by atoms with E-state index < -0.39 is 0 Å². The van der Waals surface area contributed by atoms with Gasteiger partial charge in [-0.25, -0.2) is 4.98 Å². The van der Waals surface area contributed by atoms with Crippen LogP contribution in [0.4, 0.5) is 5.13 Å². The minimum atomic E-state index is -0.122. The lowest BCUT2D eigenvalue weighted by Gasteiger charge is -2.03. The van der Waals surface area contributed by atoms with Crippen LogP contribution in [0.2, 0.25) is 0 Å². The normalized spacial score (nSPS) is 11.1. The fourth-order valence-corrected chi connectivity index (χ4v) is 4.05. The summed E-state index contributed by atoms with van der Waals surface area (Å²) in [6, 6.07) is 15.9. The number of fused-ring (bicyclic) bond motifs is 3. The van der Waals surface area contributed by atoms with E-state index >= 15 is 0 Å². The Morgan fingerprint density at radius 2 is 2.04 bits per heavy atom. The number of aromatic nitrogens is 2. The van der Waals surface area contributed by atoms with E-state index in [-0.39, 0.29) is 12.3 Å². The molecule has 0 fully saturated rings. The summed E-state index contributed by atoms with van der Waals surface area (Å²) in [5, 5.41) is 8.57. The number of thiazole rings is 1. The van der Waals surface area contributed by atoms with Crippen molar-refractivity contribution in [3.05, 3.63) is 78.1 Å². The number of rotatable bonds is 4. The second-order valence-electron chi connectivity index (χ2n) is 6.43. The van der Waals surface area contributed by atoms with Gasteiger partial charge in [0.1, 0.15) is 5.58 Å². The van der Waals surface area contributed by atoms with Crippen molar-refractivity contribution in [1.29, 1.82) is 0 Å². The Bertz CT molecular complexity index is 1290. The van der Waals surface area contributed by atoms with E-state index in [4.69, 9.17) is 4.42 Å². The lowest BCUT2D eigenvalue weighted by atomic mass is 10.0. The minimum Gasteiger partial charge on any atom is -0.464 e. The maximum absolute atomic E-state index is 12.6. The Kier molecular flexibility index (Phi) is 4.10. The first-order valence-electron chi connectivity index (χ1n) is 8.81. The second kappa shape index (κ2) is 6.90. The van der Waals surface area contributed by atoms with E-state index in [1.807, 2.05) is 41.8 Å². The van der Waals surface area contributed by atoms with Gasteiger partial charge in [0.15, 0.2) is 5.13 Å². The van der Waals surface area contributed by atoms with E-state index in [0.717, 1.165) is 38.6 Å². The summed E-state index contributed by atoms with van der Waals surface area (Å²) < 4.78 is 5.67. The molecule has 5 rings (SSSR count). The molecule has 6 heteroatoms. The number of nitrogens with one attached hydrogen (secondary N) is 1. The fraction of sp³-hybridized carbons (Fsp3) is 0.0455. The van der Waals surface area contributed by atoms with Crippen molar-refractivity contribution in [2.24, 2.45) is 0 Å². The van der Waals surface area contributed by atoms with Crippen LogP contribution in [0.1, 0.15) is 5.56 Å². The van der Waals surface area contributed by atoms with Crippen molar-refractivity contribution in [3.63, 3.8) is 0 Å². The Morgan fingerprint density at radius 1 is 1.11 bits per heavy atom. The van der Waals surface area contributed by atoms with Crippen LogP contribution < -0.4 is 5.32 Å². The van der Waals surface area contributed by atoms with Crippen LogP contribution in [0.3, 0.4) is 0 Å². The Labute approximate surface area is 164 Å². The molecule has 0 aliphatic carbocycles. The first-order valence-corrected chi connectivity index (χ1v) is 9.69. The number of carbonyl (C=O) groups is 1. The lowest BCUT2D eigenvalue weighted by molar-refractivity contribution is -0.115. The number of benzene rings is 2. The molecular weight excluding hydrogens is 370 g/mol. The zero-order valence-corrected chi connectivity index (χ0v) is 15.6. The van der Waals surface area contributed by atoms with Crippen LogP contribution in [0.15, 0.2) is 77.0 Å². The summed E-state index contributed by atoms with van der Waals surface area (Å²) in [5.41, 5.74) is 3.38. The molecule has 0 saturated carbocycles. The highest BCUT2D eigenvalue weighted by Crippen LogP contribution is 2.30. The molecule has 5 nitrogen and oxygen atoms in total. The molecule has 0 saturated heterocycles. The fourth-order valence-electron chi connectivity index (χ4n) is 3.32. The first-order chi connectivity index (χ1) is 13.8. The maximum Gasteiger partial charge on any atom is 0.230 e. The van der Waals surface area contributed by atoms with Crippen molar-refractivity contribution in [2.45, 2.75) is 6.42 Å². The van der Waals surface area contributed by atoms with Gasteiger partial charge in [-0.05, 0) is 29.0 Å². The molecule has 0 unspecified atom stereocenters. The molecule has 136 valence electrons. The third-order valence-corrected chi connectivity index (χ3v) is 5.36. The molecule has 1 amide bonds. The maximum atomic E-state index is 12.6. The zero-order valence-electron chi connectivity index (χ0n) is 14.8. The highest BCUT2D eigenvalue weighted by molar-refractivity contribution is 7.14. The van der Waals surface area contributed by atoms with Gasteiger partial charge in [0.25, 0.3) is 0 Å². The number of pyridine rings is 1. The van der Waals surface area contributed by atoms with Gasteiger partial charge in [-0.2, -0.15) is 0 Å². The molecule has 3 aromatic heterocycles. The van der Waals surface area contributed by atoms with Crippen LogP contribution in [-0.4, -0.2) is 15.9 Å². The molecule has 0 atom stereocenters. The molecule has 2 aromatic carbocycles. The van der Waals surface area contributed by atoms with Crippen LogP contribution >= 0.6 is 11.3 Å². The van der Waals surface area contributed by atoms with Crippen LogP contribution in [0, 0.1) is 0 Å². The third-order valence-electron chi connectivity index (χ3n) is 4.60. The zero-order chi connectivity index (χ0) is 18.9. The molecule has 0 radical (unpaired) electrons. The Hall–Kier alpha value is -3.51. The van der Waals surface area contributed by atoms with E-state index in [9.17, 15) is 4.79 Å². The summed E-state index contributed by atoms with van der Waals surface area (Å²) in [6.45, 7) is 0. The van der Waals surface area contributed by atoms with Crippen molar-refractivity contribution in [1.82, 2.24) is 9.97 Å². The Balaban J connectivity index is 1.39. The summed E-state index contributed by atoms with van der Waals surface area (Å²) in [6.07, 6.45) is 5.36.